The molecule has 0 aliphatic carbocycles. The molecule has 0 spiro atoms. The molecule has 0 atom stereocenters. The average molecular weight is 290 g/mol. The van der Waals surface area contributed by atoms with Crippen LogP contribution in [0.4, 0.5) is 15.6 Å². The summed E-state index contributed by atoms with van der Waals surface area (Å²) in [4.78, 5) is 26.3. The van der Waals surface area contributed by atoms with Crippen molar-refractivity contribution in [3.8, 4) is 17.0 Å². The second-order valence-electron chi connectivity index (χ2n) is 4.07. The maximum Gasteiger partial charge on any atom is 0.318 e. The minimum Gasteiger partial charge on any atom is -0.482 e. The van der Waals surface area contributed by atoms with Gasteiger partial charge in [0, 0.05) is 10.9 Å². The Morgan fingerprint density at radius 1 is 1.50 bits per heavy atom. The third-order valence-electron chi connectivity index (χ3n) is 2.64. The highest BCUT2D eigenvalue weighted by Crippen LogP contribution is 2.33. The van der Waals surface area contributed by atoms with Crippen molar-refractivity contribution in [3.05, 3.63) is 23.6 Å². The van der Waals surface area contributed by atoms with E-state index in [1.165, 1.54) is 11.3 Å². The van der Waals surface area contributed by atoms with Crippen molar-refractivity contribution in [1.29, 1.82) is 0 Å². The summed E-state index contributed by atoms with van der Waals surface area (Å²) in [5, 5.41) is 7.36. The van der Waals surface area contributed by atoms with E-state index in [0.29, 0.717) is 22.3 Å². The van der Waals surface area contributed by atoms with Crippen molar-refractivity contribution in [3.63, 3.8) is 0 Å². The molecule has 0 fully saturated rings. The summed E-state index contributed by atoms with van der Waals surface area (Å²) in [6.45, 7) is 0.0235. The molecule has 0 unspecified atom stereocenters. The van der Waals surface area contributed by atoms with Gasteiger partial charge in [0.2, 0.25) is 0 Å². The second-order valence-corrected chi connectivity index (χ2v) is 4.93. The molecule has 1 aromatic heterocycles. The fraction of sp³-hybridized carbons (Fsp3) is 0.0833. The molecule has 4 N–H and O–H groups in total. The van der Waals surface area contributed by atoms with Gasteiger partial charge >= 0.3 is 6.03 Å². The number of benzene rings is 1. The van der Waals surface area contributed by atoms with E-state index in [-0.39, 0.29) is 12.5 Å². The number of fused-ring (bicyclic) bond motifs is 1. The van der Waals surface area contributed by atoms with Gasteiger partial charge in [0.25, 0.3) is 5.91 Å². The van der Waals surface area contributed by atoms with Crippen LogP contribution in [0.5, 0.6) is 5.75 Å². The zero-order chi connectivity index (χ0) is 14.1. The maximum absolute atomic E-state index is 11.3. The molecule has 3 rings (SSSR count). The molecule has 2 heterocycles. The van der Waals surface area contributed by atoms with Gasteiger partial charge in [-0.2, -0.15) is 0 Å². The van der Waals surface area contributed by atoms with Crippen molar-refractivity contribution < 1.29 is 14.3 Å². The number of primary amides is 1. The number of hydrogen-bond acceptors (Lipinski definition) is 5. The van der Waals surface area contributed by atoms with Crippen molar-refractivity contribution in [2.45, 2.75) is 0 Å². The van der Waals surface area contributed by atoms with E-state index in [0.717, 1.165) is 5.56 Å². The van der Waals surface area contributed by atoms with Crippen molar-refractivity contribution >= 4 is 34.1 Å². The standard InChI is InChI=1S/C12H10N4O3S/c13-11(18)16-12-15-8(5-20-12)6-1-2-9-7(3-6)14-10(17)4-19-9/h1-3,5H,4H2,(H,14,17)(H3,13,15,16,18). The number of hydrogen-bond donors (Lipinski definition) is 3. The number of nitrogens with zero attached hydrogens (tertiary/aromatic N) is 1. The monoisotopic (exact) mass is 290 g/mol. The van der Waals surface area contributed by atoms with Crippen LogP contribution in [0.3, 0.4) is 0 Å². The Hall–Kier alpha value is -2.61. The molecule has 3 amide bonds. The quantitative estimate of drug-likeness (QED) is 0.781. The highest BCUT2D eigenvalue weighted by atomic mass is 32.1. The first-order chi connectivity index (χ1) is 9.61. The van der Waals surface area contributed by atoms with Crippen LogP contribution in [0, 0.1) is 0 Å². The maximum atomic E-state index is 11.3. The number of nitrogens with one attached hydrogen (secondary N) is 2. The summed E-state index contributed by atoms with van der Waals surface area (Å²) in [7, 11) is 0. The summed E-state index contributed by atoms with van der Waals surface area (Å²) < 4.78 is 5.28. The summed E-state index contributed by atoms with van der Waals surface area (Å²) in [5.74, 6) is 0.433. The molecule has 0 bridgehead atoms. The SMILES string of the molecule is NC(=O)Nc1nc(-c2ccc3c(c2)NC(=O)CO3)cs1. The number of carbonyl (C=O) groups excluding carboxylic acids is 2. The Labute approximate surface area is 117 Å². The molecule has 8 heteroatoms. The van der Waals surface area contributed by atoms with Crippen LogP contribution in [-0.2, 0) is 4.79 Å². The third kappa shape index (κ3) is 2.41. The molecule has 7 nitrogen and oxygen atoms in total. The molecule has 2 aromatic rings. The fourth-order valence-corrected chi connectivity index (χ4v) is 2.53. The topological polar surface area (TPSA) is 106 Å². The molecular formula is C12H10N4O3S. The van der Waals surface area contributed by atoms with Gasteiger partial charge in [-0.05, 0) is 18.2 Å². The summed E-state index contributed by atoms with van der Waals surface area (Å²) in [6.07, 6.45) is 0. The smallest absolute Gasteiger partial charge is 0.318 e. The highest BCUT2D eigenvalue weighted by molar-refractivity contribution is 7.14. The third-order valence-corrected chi connectivity index (χ3v) is 3.40. The Morgan fingerprint density at radius 3 is 3.15 bits per heavy atom. The Kier molecular flexibility index (Phi) is 2.99. The average Bonchev–Trinajstić information content (AvgIpc) is 2.85. The lowest BCUT2D eigenvalue weighted by Gasteiger charge is -2.18. The van der Waals surface area contributed by atoms with Crippen LogP contribution in [0.1, 0.15) is 0 Å². The fourth-order valence-electron chi connectivity index (χ4n) is 1.81. The molecule has 1 aromatic carbocycles. The van der Waals surface area contributed by atoms with E-state index in [1.807, 2.05) is 6.07 Å². The lowest BCUT2D eigenvalue weighted by molar-refractivity contribution is -0.118. The van der Waals surface area contributed by atoms with Crippen molar-refractivity contribution in [2.24, 2.45) is 5.73 Å². The number of thiazole rings is 1. The highest BCUT2D eigenvalue weighted by Gasteiger charge is 2.17. The van der Waals surface area contributed by atoms with Gasteiger partial charge < -0.3 is 15.8 Å². The predicted octanol–water partition coefficient (Wildman–Crippen LogP) is 1.63. The Bertz CT molecular complexity index is 698. The number of anilines is 2. The van der Waals surface area contributed by atoms with E-state index >= 15 is 0 Å². The number of urea groups is 1. The molecule has 0 saturated heterocycles. The predicted molar refractivity (Wildman–Crippen MR) is 74.9 cm³/mol. The van der Waals surface area contributed by atoms with E-state index < -0.39 is 6.03 Å². The molecule has 1 aliphatic rings. The van der Waals surface area contributed by atoms with Crippen LogP contribution in [0.15, 0.2) is 23.6 Å². The molecule has 20 heavy (non-hydrogen) atoms. The van der Waals surface area contributed by atoms with E-state index in [1.54, 1.807) is 17.5 Å². The Morgan fingerprint density at radius 2 is 2.35 bits per heavy atom. The van der Waals surface area contributed by atoms with Crippen LogP contribution >= 0.6 is 11.3 Å². The normalized spacial score (nSPS) is 13.1. The molecule has 0 saturated carbocycles. The number of carbonyl (C=O) groups is 2. The minimum atomic E-state index is -0.656. The number of rotatable bonds is 2. The van der Waals surface area contributed by atoms with Crippen LogP contribution < -0.4 is 21.1 Å². The number of nitrogens with two attached hydrogens (primary N) is 1. The van der Waals surface area contributed by atoms with Crippen LogP contribution in [0.2, 0.25) is 0 Å². The van der Waals surface area contributed by atoms with Gasteiger partial charge in [-0.25, -0.2) is 9.78 Å². The summed E-state index contributed by atoms with van der Waals surface area (Å²) in [6, 6.07) is 4.72. The first-order valence-corrected chi connectivity index (χ1v) is 6.59. The van der Waals surface area contributed by atoms with E-state index in [9.17, 15) is 9.59 Å². The number of amides is 3. The largest absolute Gasteiger partial charge is 0.482 e. The minimum absolute atomic E-state index is 0.0235. The summed E-state index contributed by atoms with van der Waals surface area (Å²) in [5.41, 5.74) is 7.13. The zero-order valence-corrected chi connectivity index (χ0v) is 11.0. The first kappa shape index (κ1) is 12.4. The Balaban J connectivity index is 1.90. The van der Waals surface area contributed by atoms with Gasteiger partial charge in [-0.1, -0.05) is 0 Å². The van der Waals surface area contributed by atoms with Gasteiger partial charge in [0.1, 0.15) is 5.75 Å². The molecular weight excluding hydrogens is 280 g/mol. The lowest BCUT2D eigenvalue weighted by atomic mass is 10.1. The first-order valence-electron chi connectivity index (χ1n) is 5.71. The van der Waals surface area contributed by atoms with Crippen LogP contribution in [-0.4, -0.2) is 23.5 Å². The zero-order valence-electron chi connectivity index (χ0n) is 10.2. The van der Waals surface area contributed by atoms with E-state index in [2.05, 4.69) is 15.6 Å². The summed E-state index contributed by atoms with van der Waals surface area (Å²) >= 11 is 1.27. The van der Waals surface area contributed by atoms with Gasteiger partial charge in [0.05, 0.1) is 11.4 Å². The number of aromatic nitrogens is 1. The van der Waals surface area contributed by atoms with E-state index in [4.69, 9.17) is 10.5 Å². The second kappa shape index (κ2) is 4.82. The molecule has 102 valence electrons. The van der Waals surface area contributed by atoms with Crippen LogP contribution in [0.25, 0.3) is 11.3 Å². The van der Waals surface area contributed by atoms with Crippen molar-refractivity contribution in [2.75, 3.05) is 17.2 Å². The lowest BCUT2D eigenvalue weighted by Crippen LogP contribution is -2.25. The number of ether oxygens (including phenoxy) is 1. The van der Waals surface area contributed by atoms with Gasteiger partial charge in [0.15, 0.2) is 11.7 Å². The molecule has 1 aliphatic heterocycles. The van der Waals surface area contributed by atoms with Gasteiger partial charge in [-0.15, -0.1) is 11.3 Å². The molecule has 0 radical (unpaired) electrons. The van der Waals surface area contributed by atoms with Crippen molar-refractivity contribution in [1.82, 2.24) is 4.98 Å². The van der Waals surface area contributed by atoms with Gasteiger partial charge in [-0.3, -0.25) is 10.1 Å².